The Balaban J connectivity index is 2.24. The molecular formula is C15H13NO3. The van der Waals surface area contributed by atoms with Crippen molar-refractivity contribution in [3.8, 4) is 5.75 Å². The molecule has 0 aromatic heterocycles. The summed E-state index contributed by atoms with van der Waals surface area (Å²) in [6.45, 7) is 0.359. The Morgan fingerprint density at radius 2 is 1.84 bits per heavy atom. The third-order valence-electron chi connectivity index (χ3n) is 2.71. The van der Waals surface area contributed by atoms with E-state index < -0.39 is 0 Å². The van der Waals surface area contributed by atoms with Crippen LogP contribution in [0.2, 0.25) is 0 Å². The minimum Gasteiger partial charge on any atom is -0.429 e. The fourth-order valence-corrected chi connectivity index (χ4v) is 1.71. The van der Waals surface area contributed by atoms with Gasteiger partial charge in [-0.1, -0.05) is 24.3 Å². The van der Waals surface area contributed by atoms with E-state index in [-0.39, 0.29) is 5.91 Å². The van der Waals surface area contributed by atoms with Crippen molar-refractivity contribution in [2.75, 3.05) is 11.9 Å². The third kappa shape index (κ3) is 2.98. The Hall–Kier alpha value is -2.62. The summed E-state index contributed by atoms with van der Waals surface area (Å²) in [4.78, 5) is 24.0. The number of hydrogen-bond donors (Lipinski definition) is 0. The molecule has 2 aromatic rings. The van der Waals surface area contributed by atoms with Crippen molar-refractivity contribution in [2.45, 2.75) is 0 Å². The van der Waals surface area contributed by atoms with Crippen LogP contribution >= 0.6 is 0 Å². The lowest BCUT2D eigenvalue weighted by Gasteiger charge is -2.17. The second-order valence-electron chi connectivity index (χ2n) is 3.94. The molecule has 0 aliphatic carbocycles. The summed E-state index contributed by atoms with van der Waals surface area (Å²) >= 11 is 0. The highest BCUT2D eigenvalue weighted by Gasteiger charge is 2.13. The predicted molar refractivity (Wildman–Crippen MR) is 72.3 cm³/mol. The number of ether oxygens (including phenoxy) is 1. The van der Waals surface area contributed by atoms with E-state index in [1.54, 1.807) is 43.4 Å². The van der Waals surface area contributed by atoms with Gasteiger partial charge in [0, 0.05) is 24.4 Å². The molecule has 1 amide bonds. The average Bonchev–Trinajstić information content (AvgIpc) is 2.47. The van der Waals surface area contributed by atoms with E-state index in [4.69, 9.17) is 4.74 Å². The van der Waals surface area contributed by atoms with E-state index in [0.717, 1.165) is 0 Å². The lowest BCUT2D eigenvalue weighted by atomic mass is 10.2. The summed E-state index contributed by atoms with van der Waals surface area (Å²) in [7, 11) is 1.68. The zero-order valence-corrected chi connectivity index (χ0v) is 10.4. The molecule has 0 fully saturated rings. The fourth-order valence-electron chi connectivity index (χ4n) is 1.71. The predicted octanol–water partition coefficient (Wildman–Crippen LogP) is 2.50. The molecule has 0 spiro atoms. The van der Waals surface area contributed by atoms with Gasteiger partial charge in [-0.3, -0.25) is 9.59 Å². The highest BCUT2D eigenvalue weighted by molar-refractivity contribution is 6.05. The van der Waals surface area contributed by atoms with Gasteiger partial charge in [0.05, 0.1) is 0 Å². The number of hydrogen-bond acceptors (Lipinski definition) is 3. The SMILES string of the molecule is CN(C(=O)c1ccccc1)c1cccc(OC=O)c1. The van der Waals surface area contributed by atoms with E-state index in [1.807, 2.05) is 18.2 Å². The van der Waals surface area contributed by atoms with Crippen LogP contribution in [0.3, 0.4) is 0 Å². The molecule has 0 atom stereocenters. The number of carbonyl (C=O) groups excluding carboxylic acids is 2. The van der Waals surface area contributed by atoms with Crippen molar-refractivity contribution in [3.05, 3.63) is 60.2 Å². The summed E-state index contributed by atoms with van der Waals surface area (Å²) in [6, 6.07) is 15.8. The van der Waals surface area contributed by atoms with Crippen LogP contribution in [0.15, 0.2) is 54.6 Å². The second-order valence-corrected chi connectivity index (χ2v) is 3.94. The van der Waals surface area contributed by atoms with E-state index in [9.17, 15) is 9.59 Å². The first-order chi connectivity index (χ1) is 9.22. The number of nitrogens with zero attached hydrogens (tertiary/aromatic N) is 1. The van der Waals surface area contributed by atoms with Crippen molar-refractivity contribution < 1.29 is 14.3 Å². The lowest BCUT2D eigenvalue weighted by molar-refractivity contribution is -0.120. The van der Waals surface area contributed by atoms with Gasteiger partial charge in [-0.25, -0.2) is 0 Å². The third-order valence-corrected chi connectivity index (χ3v) is 2.71. The second kappa shape index (κ2) is 5.82. The normalized spacial score (nSPS) is 9.74. The Bertz CT molecular complexity index is 581. The maximum atomic E-state index is 12.2. The summed E-state index contributed by atoms with van der Waals surface area (Å²) in [5.74, 6) is 0.282. The molecule has 2 aromatic carbocycles. The first-order valence-electron chi connectivity index (χ1n) is 5.76. The summed E-state index contributed by atoms with van der Waals surface area (Å²) < 4.78 is 4.76. The molecule has 0 bridgehead atoms. The summed E-state index contributed by atoms with van der Waals surface area (Å²) in [5.41, 5.74) is 1.26. The number of benzene rings is 2. The zero-order chi connectivity index (χ0) is 13.7. The number of rotatable bonds is 4. The van der Waals surface area contributed by atoms with Crippen LogP contribution in [0.4, 0.5) is 5.69 Å². The fraction of sp³-hybridized carbons (Fsp3) is 0.0667. The van der Waals surface area contributed by atoms with Gasteiger partial charge in [0.1, 0.15) is 5.75 Å². The number of carbonyl (C=O) groups is 2. The minimum absolute atomic E-state index is 0.121. The molecular weight excluding hydrogens is 242 g/mol. The van der Waals surface area contributed by atoms with Crippen LogP contribution in [0.5, 0.6) is 5.75 Å². The maximum Gasteiger partial charge on any atom is 0.298 e. The number of amides is 1. The Morgan fingerprint density at radius 3 is 2.53 bits per heavy atom. The van der Waals surface area contributed by atoms with Gasteiger partial charge in [0.15, 0.2) is 0 Å². The van der Waals surface area contributed by atoms with Crippen molar-refractivity contribution in [1.82, 2.24) is 0 Å². The van der Waals surface area contributed by atoms with Gasteiger partial charge in [0.25, 0.3) is 12.4 Å². The zero-order valence-electron chi connectivity index (χ0n) is 10.4. The molecule has 0 aliphatic rings. The highest BCUT2D eigenvalue weighted by atomic mass is 16.5. The Labute approximate surface area is 111 Å². The van der Waals surface area contributed by atoms with Crippen LogP contribution < -0.4 is 9.64 Å². The van der Waals surface area contributed by atoms with E-state index in [0.29, 0.717) is 23.5 Å². The molecule has 4 nitrogen and oxygen atoms in total. The molecule has 19 heavy (non-hydrogen) atoms. The lowest BCUT2D eigenvalue weighted by Crippen LogP contribution is -2.26. The molecule has 0 heterocycles. The van der Waals surface area contributed by atoms with Crippen molar-refractivity contribution in [3.63, 3.8) is 0 Å². The molecule has 0 N–H and O–H groups in total. The highest BCUT2D eigenvalue weighted by Crippen LogP contribution is 2.21. The van der Waals surface area contributed by atoms with Gasteiger partial charge in [-0.05, 0) is 24.3 Å². The smallest absolute Gasteiger partial charge is 0.298 e. The molecule has 0 aliphatic heterocycles. The van der Waals surface area contributed by atoms with Crippen LogP contribution in [0.25, 0.3) is 0 Å². The average molecular weight is 255 g/mol. The summed E-state index contributed by atoms with van der Waals surface area (Å²) in [6.07, 6.45) is 0. The molecule has 0 saturated carbocycles. The molecule has 0 saturated heterocycles. The minimum atomic E-state index is -0.121. The van der Waals surface area contributed by atoms with E-state index in [2.05, 4.69) is 0 Å². The maximum absolute atomic E-state index is 12.2. The topological polar surface area (TPSA) is 46.6 Å². The summed E-state index contributed by atoms with van der Waals surface area (Å²) in [5, 5.41) is 0. The molecule has 4 heteroatoms. The molecule has 0 unspecified atom stereocenters. The first-order valence-corrected chi connectivity index (χ1v) is 5.76. The van der Waals surface area contributed by atoms with Crippen molar-refractivity contribution in [2.24, 2.45) is 0 Å². The van der Waals surface area contributed by atoms with Crippen LogP contribution in [-0.4, -0.2) is 19.4 Å². The first kappa shape index (κ1) is 12.8. The van der Waals surface area contributed by atoms with Gasteiger partial charge < -0.3 is 9.64 Å². The van der Waals surface area contributed by atoms with Gasteiger partial charge in [-0.15, -0.1) is 0 Å². The Kier molecular flexibility index (Phi) is 3.93. The molecule has 96 valence electrons. The van der Waals surface area contributed by atoms with Crippen LogP contribution in [0.1, 0.15) is 10.4 Å². The van der Waals surface area contributed by atoms with E-state index in [1.165, 1.54) is 4.90 Å². The van der Waals surface area contributed by atoms with Gasteiger partial charge in [0.2, 0.25) is 0 Å². The van der Waals surface area contributed by atoms with E-state index >= 15 is 0 Å². The molecule has 2 rings (SSSR count). The van der Waals surface area contributed by atoms with Gasteiger partial charge >= 0.3 is 0 Å². The molecule has 0 radical (unpaired) electrons. The number of anilines is 1. The van der Waals surface area contributed by atoms with Crippen molar-refractivity contribution in [1.29, 1.82) is 0 Å². The quantitative estimate of drug-likeness (QED) is 0.788. The standard InChI is InChI=1S/C15H13NO3/c1-16(15(18)12-6-3-2-4-7-12)13-8-5-9-14(10-13)19-11-17/h2-11H,1H3. The largest absolute Gasteiger partial charge is 0.429 e. The van der Waals surface area contributed by atoms with Crippen LogP contribution in [0, 0.1) is 0 Å². The Morgan fingerprint density at radius 1 is 1.11 bits per heavy atom. The van der Waals surface area contributed by atoms with Crippen LogP contribution in [-0.2, 0) is 4.79 Å². The van der Waals surface area contributed by atoms with Gasteiger partial charge in [-0.2, -0.15) is 0 Å². The monoisotopic (exact) mass is 255 g/mol. The van der Waals surface area contributed by atoms with Crippen molar-refractivity contribution >= 4 is 18.1 Å².